The minimum absolute atomic E-state index is 0.0945. The largest absolute Gasteiger partial charge is 0.372 e. The van der Waals surface area contributed by atoms with E-state index >= 15 is 0 Å². The van der Waals surface area contributed by atoms with Crippen molar-refractivity contribution >= 4 is 11.6 Å². The highest BCUT2D eigenvalue weighted by atomic mass is 16.5. The molecular weight excluding hydrogens is 404 g/mol. The summed E-state index contributed by atoms with van der Waals surface area (Å²) in [6, 6.07) is 14.4. The van der Waals surface area contributed by atoms with Crippen LogP contribution in [0.1, 0.15) is 34.7 Å². The Morgan fingerprint density at radius 2 is 1.97 bits per heavy atom. The number of hydrogen-bond donors (Lipinski definition) is 1. The Labute approximate surface area is 185 Å². The lowest BCUT2D eigenvalue weighted by atomic mass is 9.82. The highest BCUT2D eigenvalue weighted by molar-refractivity contribution is 5.93. The van der Waals surface area contributed by atoms with Crippen LogP contribution in [0.3, 0.4) is 0 Å². The van der Waals surface area contributed by atoms with Crippen LogP contribution in [0.4, 0.5) is 5.69 Å². The van der Waals surface area contributed by atoms with Crippen molar-refractivity contribution in [2.45, 2.75) is 25.3 Å². The van der Waals surface area contributed by atoms with Gasteiger partial charge in [-0.25, -0.2) is 0 Å². The fourth-order valence-electron chi connectivity index (χ4n) is 5.07. The SMILES string of the molecule is Cc1nn(C)cc1-c1cc(C(=O)N2CCC3(CC2)Nc2ccccc2-n2cccc23)no1. The molecule has 8 heteroatoms. The molecule has 0 bridgehead atoms. The van der Waals surface area contributed by atoms with Crippen LogP contribution in [0.2, 0.25) is 0 Å². The number of carbonyl (C=O) groups is 1. The lowest BCUT2D eigenvalue weighted by Gasteiger charge is -2.46. The minimum atomic E-state index is -0.184. The maximum atomic E-state index is 13.2. The second-order valence-electron chi connectivity index (χ2n) is 8.66. The highest BCUT2D eigenvalue weighted by Crippen LogP contribution is 2.43. The number of nitrogens with one attached hydrogen (secondary N) is 1. The standard InChI is InChI=1S/C24H24N6O2/c1-16-17(15-28(2)26-16)21-14-19(27-32-21)23(31)29-12-9-24(10-13-29)22-8-5-11-30(22)20-7-4-3-6-18(20)25-24/h3-8,11,14-15,25H,9-10,12-13H2,1-2H3. The van der Waals surface area contributed by atoms with Crippen LogP contribution in [-0.2, 0) is 12.6 Å². The van der Waals surface area contributed by atoms with Crippen molar-refractivity contribution in [3.63, 3.8) is 0 Å². The molecule has 5 heterocycles. The molecule has 0 unspecified atom stereocenters. The van der Waals surface area contributed by atoms with E-state index in [-0.39, 0.29) is 11.4 Å². The minimum Gasteiger partial charge on any atom is -0.372 e. The number of fused-ring (bicyclic) bond motifs is 4. The quantitative estimate of drug-likeness (QED) is 0.526. The van der Waals surface area contributed by atoms with E-state index in [4.69, 9.17) is 4.52 Å². The van der Waals surface area contributed by atoms with Gasteiger partial charge in [-0.3, -0.25) is 9.48 Å². The van der Waals surface area contributed by atoms with E-state index in [9.17, 15) is 4.79 Å². The van der Waals surface area contributed by atoms with Crippen LogP contribution in [-0.4, -0.2) is 43.4 Å². The monoisotopic (exact) mass is 428 g/mol. The summed E-state index contributed by atoms with van der Waals surface area (Å²) in [6.07, 6.45) is 5.63. The third-order valence-corrected chi connectivity index (χ3v) is 6.69. The fraction of sp³-hybridized carbons (Fsp3) is 0.292. The number of piperidine rings is 1. The van der Waals surface area contributed by atoms with Gasteiger partial charge in [-0.05, 0) is 44.0 Å². The Balaban J connectivity index is 1.22. The predicted molar refractivity (Wildman–Crippen MR) is 120 cm³/mol. The summed E-state index contributed by atoms with van der Waals surface area (Å²) >= 11 is 0. The number of aromatic nitrogens is 4. The topological polar surface area (TPSA) is 81.1 Å². The molecule has 1 N–H and O–H groups in total. The highest BCUT2D eigenvalue weighted by Gasteiger charge is 2.42. The van der Waals surface area contributed by atoms with Gasteiger partial charge >= 0.3 is 0 Å². The smallest absolute Gasteiger partial charge is 0.276 e. The molecule has 32 heavy (non-hydrogen) atoms. The first-order valence-electron chi connectivity index (χ1n) is 10.9. The number of likely N-dealkylation sites (tertiary alicyclic amines) is 1. The van der Waals surface area contributed by atoms with E-state index in [1.54, 1.807) is 10.7 Å². The van der Waals surface area contributed by atoms with Gasteiger partial charge in [-0.2, -0.15) is 5.10 Å². The zero-order valence-corrected chi connectivity index (χ0v) is 18.1. The molecule has 0 atom stereocenters. The van der Waals surface area contributed by atoms with Crippen LogP contribution in [0, 0.1) is 6.92 Å². The second kappa shape index (κ2) is 6.85. The van der Waals surface area contributed by atoms with E-state index in [2.05, 4.69) is 62.7 Å². The maximum absolute atomic E-state index is 13.2. The van der Waals surface area contributed by atoms with Crippen molar-refractivity contribution in [3.05, 3.63) is 71.9 Å². The normalized spacial score (nSPS) is 16.5. The Hall–Kier alpha value is -3.81. The van der Waals surface area contributed by atoms with E-state index in [0.717, 1.165) is 35.5 Å². The number of carbonyl (C=O) groups excluding carboxylic acids is 1. The van der Waals surface area contributed by atoms with Crippen LogP contribution in [0.25, 0.3) is 17.0 Å². The number of amides is 1. The predicted octanol–water partition coefficient (Wildman–Crippen LogP) is 3.73. The van der Waals surface area contributed by atoms with Gasteiger partial charge in [-0.1, -0.05) is 17.3 Å². The summed E-state index contributed by atoms with van der Waals surface area (Å²) in [5, 5.41) is 12.2. The van der Waals surface area contributed by atoms with Crippen LogP contribution >= 0.6 is 0 Å². The first-order chi connectivity index (χ1) is 15.5. The van der Waals surface area contributed by atoms with Crippen LogP contribution in [0.5, 0.6) is 0 Å². The van der Waals surface area contributed by atoms with Gasteiger partial charge in [0.25, 0.3) is 5.91 Å². The molecule has 4 aromatic rings. The number of para-hydroxylation sites is 2. The lowest BCUT2D eigenvalue weighted by molar-refractivity contribution is 0.0666. The zero-order valence-electron chi connectivity index (χ0n) is 18.1. The molecule has 1 fully saturated rings. The van der Waals surface area contributed by atoms with Crippen molar-refractivity contribution < 1.29 is 9.32 Å². The molecule has 0 radical (unpaired) electrons. The molecule has 6 rings (SSSR count). The number of anilines is 1. The molecule has 2 aliphatic heterocycles. The molecule has 2 aliphatic rings. The molecule has 162 valence electrons. The van der Waals surface area contributed by atoms with E-state index < -0.39 is 0 Å². The second-order valence-corrected chi connectivity index (χ2v) is 8.66. The average molecular weight is 428 g/mol. The summed E-state index contributed by atoms with van der Waals surface area (Å²) < 4.78 is 9.47. The lowest BCUT2D eigenvalue weighted by Crippen LogP contribution is -2.51. The van der Waals surface area contributed by atoms with Gasteiger partial charge in [-0.15, -0.1) is 0 Å². The summed E-state index contributed by atoms with van der Waals surface area (Å²) in [4.78, 5) is 15.0. The first kappa shape index (κ1) is 18.9. The molecule has 0 saturated carbocycles. The number of nitrogens with zero attached hydrogens (tertiary/aromatic N) is 5. The molecule has 0 aliphatic carbocycles. The zero-order chi connectivity index (χ0) is 21.9. The summed E-state index contributed by atoms with van der Waals surface area (Å²) in [5.41, 5.74) is 5.39. The Morgan fingerprint density at radius 1 is 1.16 bits per heavy atom. The Morgan fingerprint density at radius 3 is 2.75 bits per heavy atom. The fourth-order valence-corrected chi connectivity index (χ4v) is 5.07. The van der Waals surface area contributed by atoms with Crippen molar-refractivity contribution in [1.29, 1.82) is 0 Å². The molecule has 1 spiro atoms. The van der Waals surface area contributed by atoms with Crippen LogP contribution < -0.4 is 5.32 Å². The van der Waals surface area contributed by atoms with Gasteiger partial charge in [0.2, 0.25) is 0 Å². The molecule has 3 aromatic heterocycles. The number of rotatable bonds is 2. The molecule has 1 aromatic carbocycles. The Bertz CT molecular complexity index is 1320. The molecule has 8 nitrogen and oxygen atoms in total. The summed E-state index contributed by atoms with van der Waals surface area (Å²) in [5.74, 6) is 0.471. The Kier molecular flexibility index (Phi) is 4.05. The molecule has 1 saturated heterocycles. The summed E-state index contributed by atoms with van der Waals surface area (Å²) in [6.45, 7) is 3.20. The first-order valence-corrected chi connectivity index (χ1v) is 10.9. The average Bonchev–Trinajstić information content (AvgIpc) is 3.54. The van der Waals surface area contributed by atoms with Crippen molar-refractivity contribution in [1.82, 2.24) is 24.4 Å². The van der Waals surface area contributed by atoms with Gasteiger partial charge < -0.3 is 19.3 Å². The van der Waals surface area contributed by atoms with Gasteiger partial charge in [0.05, 0.1) is 28.2 Å². The number of benzene rings is 1. The third kappa shape index (κ3) is 2.79. The van der Waals surface area contributed by atoms with Crippen molar-refractivity contribution in [3.8, 4) is 17.0 Å². The van der Waals surface area contributed by atoms with Crippen LogP contribution in [0.15, 0.2) is 59.4 Å². The molecule has 1 amide bonds. The maximum Gasteiger partial charge on any atom is 0.276 e. The third-order valence-electron chi connectivity index (χ3n) is 6.69. The van der Waals surface area contributed by atoms with E-state index in [1.807, 2.05) is 25.1 Å². The van der Waals surface area contributed by atoms with E-state index in [1.165, 1.54) is 5.69 Å². The van der Waals surface area contributed by atoms with Gasteiger partial charge in [0.1, 0.15) is 0 Å². The van der Waals surface area contributed by atoms with Crippen molar-refractivity contribution in [2.75, 3.05) is 18.4 Å². The summed E-state index contributed by atoms with van der Waals surface area (Å²) in [7, 11) is 1.86. The molecular formula is C24H24N6O2. The number of hydrogen-bond acceptors (Lipinski definition) is 5. The van der Waals surface area contributed by atoms with E-state index in [0.29, 0.717) is 24.5 Å². The number of aryl methyl sites for hydroxylation is 2. The van der Waals surface area contributed by atoms with Gasteiger partial charge in [0.15, 0.2) is 11.5 Å². The van der Waals surface area contributed by atoms with Crippen molar-refractivity contribution in [2.24, 2.45) is 7.05 Å². The van der Waals surface area contributed by atoms with Gasteiger partial charge in [0, 0.05) is 44.3 Å².